The quantitative estimate of drug-likeness (QED) is 0.746. The summed E-state index contributed by atoms with van der Waals surface area (Å²) in [5.74, 6) is -0.620. The van der Waals surface area contributed by atoms with Gasteiger partial charge in [-0.25, -0.2) is 13.2 Å². The lowest BCUT2D eigenvalue weighted by atomic mass is 10.1. The van der Waals surface area contributed by atoms with Gasteiger partial charge in [-0.1, -0.05) is 12.1 Å². The first-order chi connectivity index (χ1) is 12.3. The molecule has 0 bridgehead atoms. The van der Waals surface area contributed by atoms with Crippen molar-refractivity contribution in [2.45, 2.75) is 24.8 Å². The molecule has 0 radical (unpaired) electrons. The Bertz CT molecular complexity index is 907. The molecule has 26 heavy (non-hydrogen) atoms. The fourth-order valence-corrected chi connectivity index (χ4v) is 6.03. The molecule has 1 saturated heterocycles. The van der Waals surface area contributed by atoms with Crippen molar-refractivity contribution >= 4 is 33.0 Å². The summed E-state index contributed by atoms with van der Waals surface area (Å²) in [5.41, 5.74) is 2.27. The van der Waals surface area contributed by atoms with Crippen LogP contribution in [0.3, 0.4) is 0 Å². The van der Waals surface area contributed by atoms with E-state index in [2.05, 4.69) is 11.0 Å². The SMILES string of the molecule is COC(=O)c1sccc1S(=O)(=O)N1CCN(c2cccc(C)c2)[C@H](C)C1. The van der Waals surface area contributed by atoms with E-state index in [0.717, 1.165) is 17.0 Å². The largest absolute Gasteiger partial charge is 0.465 e. The first-order valence-corrected chi connectivity index (χ1v) is 10.7. The number of nitrogens with zero attached hydrogens (tertiary/aromatic N) is 2. The lowest BCUT2D eigenvalue weighted by Gasteiger charge is -2.40. The number of aryl methyl sites for hydroxylation is 1. The van der Waals surface area contributed by atoms with Crippen molar-refractivity contribution in [3.8, 4) is 0 Å². The monoisotopic (exact) mass is 394 g/mol. The van der Waals surface area contributed by atoms with Crippen LogP contribution in [0, 0.1) is 6.92 Å². The van der Waals surface area contributed by atoms with E-state index in [1.54, 1.807) is 5.38 Å². The summed E-state index contributed by atoms with van der Waals surface area (Å²) < 4.78 is 32.2. The van der Waals surface area contributed by atoms with Crippen molar-refractivity contribution in [2.24, 2.45) is 0 Å². The lowest BCUT2D eigenvalue weighted by Crippen LogP contribution is -2.53. The molecule has 2 aromatic rings. The number of anilines is 1. The van der Waals surface area contributed by atoms with E-state index in [1.807, 2.05) is 32.0 Å². The molecule has 0 N–H and O–H groups in total. The number of piperazine rings is 1. The highest BCUT2D eigenvalue weighted by molar-refractivity contribution is 7.89. The lowest BCUT2D eigenvalue weighted by molar-refractivity contribution is 0.0602. The summed E-state index contributed by atoms with van der Waals surface area (Å²) in [6.07, 6.45) is 0. The molecule has 1 aliphatic rings. The number of esters is 1. The average Bonchev–Trinajstić information content (AvgIpc) is 3.11. The maximum absolute atomic E-state index is 13.0. The fraction of sp³-hybridized carbons (Fsp3) is 0.389. The number of thiophene rings is 1. The van der Waals surface area contributed by atoms with E-state index in [9.17, 15) is 13.2 Å². The number of methoxy groups -OCH3 is 1. The molecular weight excluding hydrogens is 372 g/mol. The van der Waals surface area contributed by atoms with Crippen LogP contribution in [0.5, 0.6) is 0 Å². The summed E-state index contributed by atoms with van der Waals surface area (Å²) in [7, 11) is -2.48. The zero-order valence-corrected chi connectivity index (χ0v) is 16.6. The van der Waals surface area contributed by atoms with Crippen molar-refractivity contribution in [1.29, 1.82) is 0 Å². The van der Waals surface area contributed by atoms with E-state index in [4.69, 9.17) is 4.74 Å². The van der Waals surface area contributed by atoms with Crippen molar-refractivity contribution in [1.82, 2.24) is 4.31 Å². The molecule has 2 heterocycles. The Morgan fingerprint density at radius 3 is 2.69 bits per heavy atom. The maximum Gasteiger partial charge on any atom is 0.349 e. The molecule has 0 amide bonds. The van der Waals surface area contributed by atoms with Crippen LogP contribution < -0.4 is 4.90 Å². The molecule has 1 atom stereocenters. The number of hydrogen-bond donors (Lipinski definition) is 0. The van der Waals surface area contributed by atoms with E-state index < -0.39 is 16.0 Å². The normalized spacial score (nSPS) is 18.7. The summed E-state index contributed by atoms with van der Waals surface area (Å²) in [5, 5.41) is 1.60. The Hall–Kier alpha value is -1.90. The summed E-state index contributed by atoms with van der Waals surface area (Å²) >= 11 is 1.08. The zero-order chi connectivity index (χ0) is 18.9. The predicted octanol–water partition coefficient (Wildman–Crippen LogP) is 2.74. The van der Waals surface area contributed by atoms with Gasteiger partial charge in [0.1, 0.15) is 9.77 Å². The van der Waals surface area contributed by atoms with Gasteiger partial charge in [0.15, 0.2) is 0 Å². The predicted molar refractivity (Wildman–Crippen MR) is 102 cm³/mol. The van der Waals surface area contributed by atoms with Gasteiger partial charge in [-0.05, 0) is 43.0 Å². The maximum atomic E-state index is 13.0. The molecule has 6 nitrogen and oxygen atoms in total. The number of sulfonamides is 1. The molecule has 8 heteroatoms. The molecule has 1 aromatic carbocycles. The second kappa shape index (κ2) is 7.38. The van der Waals surface area contributed by atoms with Crippen LogP contribution in [-0.2, 0) is 14.8 Å². The first-order valence-electron chi connectivity index (χ1n) is 8.34. The van der Waals surface area contributed by atoms with Crippen LogP contribution in [0.15, 0.2) is 40.6 Å². The van der Waals surface area contributed by atoms with Crippen LogP contribution in [-0.4, -0.2) is 51.5 Å². The number of benzene rings is 1. The van der Waals surface area contributed by atoms with Gasteiger partial charge in [-0.15, -0.1) is 11.3 Å². The number of carbonyl (C=O) groups excluding carboxylic acids is 1. The second-order valence-corrected chi connectivity index (χ2v) is 9.17. The van der Waals surface area contributed by atoms with Gasteiger partial charge in [0.25, 0.3) is 0 Å². The van der Waals surface area contributed by atoms with Crippen molar-refractivity contribution < 1.29 is 17.9 Å². The molecule has 0 unspecified atom stereocenters. The third-order valence-electron chi connectivity index (χ3n) is 4.54. The Balaban J connectivity index is 1.82. The van der Waals surface area contributed by atoms with Gasteiger partial charge in [0.2, 0.25) is 10.0 Å². The topological polar surface area (TPSA) is 66.9 Å². The Labute approximate surface area is 158 Å². The number of rotatable bonds is 4. The van der Waals surface area contributed by atoms with Crippen molar-refractivity contribution in [3.63, 3.8) is 0 Å². The minimum absolute atomic E-state index is 0.0283. The Kier molecular flexibility index (Phi) is 5.36. The van der Waals surface area contributed by atoms with Gasteiger partial charge < -0.3 is 9.64 Å². The third-order valence-corrected chi connectivity index (χ3v) is 7.47. The molecule has 1 aromatic heterocycles. The number of carbonyl (C=O) groups is 1. The van der Waals surface area contributed by atoms with Crippen LogP contribution in [0.2, 0.25) is 0 Å². The molecule has 0 saturated carbocycles. The van der Waals surface area contributed by atoms with Gasteiger partial charge in [-0.3, -0.25) is 0 Å². The minimum Gasteiger partial charge on any atom is -0.465 e. The first kappa shape index (κ1) is 18.9. The van der Waals surface area contributed by atoms with E-state index in [1.165, 1.54) is 23.0 Å². The van der Waals surface area contributed by atoms with Gasteiger partial charge in [-0.2, -0.15) is 4.31 Å². The minimum atomic E-state index is -3.73. The number of hydrogen-bond acceptors (Lipinski definition) is 6. The number of ether oxygens (including phenoxy) is 1. The standard InChI is InChI=1S/C18H22N2O4S2/c1-13-5-4-6-15(11-13)20-9-8-19(12-14(20)2)26(22,23)16-7-10-25-17(16)18(21)24-3/h4-7,10-11,14H,8-9,12H2,1-3H3/t14-/m1/s1. The molecule has 1 aliphatic heterocycles. The molecule has 1 fully saturated rings. The van der Waals surface area contributed by atoms with Gasteiger partial charge in [0, 0.05) is 31.4 Å². The third kappa shape index (κ3) is 3.49. The van der Waals surface area contributed by atoms with Gasteiger partial charge in [0.05, 0.1) is 7.11 Å². The van der Waals surface area contributed by atoms with Crippen LogP contribution in [0.4, 0.5) is 5.69 Å². The molecule has 0 aliphatic carbocycles. The van der Waals surface area contributed by atoms with Gasteiger partial charge >= 0.3 is 5.97 Å². The second-order valence-electron chi connectivity index (χ2n) is 6.35. The van der Waals surface area contributed by atoms with Crippen LogP contribution in [0.25, 0.3) is 0 Å². The van der Waals surface area contributed by atoms with Crippen LogP contribution >= 0.6 is 11.3 Å². The Morgan fingerprint density at radius 2 is 2.04 bits per heavy atom. The van der Waals surface area contributed by atoms with Crippen LogP contribution in [0.1, 0.15) is 22.2 Å². The Morgan fingerprint density at radius 1 is 1.27 bits per heavy atom. The van der Waals surface area contributed by atoms with E-state index in [0.29, 0.717) is 19.6 Å². The summed E-state index contributed by atoms with van der Waals surface area (Å²) in [6, 6.07) is 9.70. The molecule has 0 spiro atoms. The summed E-state index contributed by atoms with van der Waals surface area (Å²) in [4.78, 5) is 14.2. The zero-order valence-electron chi connectivity index (χ0n) is 15.0. The highest BCUT2D eigenvalue weighted by Gasteiger charge is 2.35. The molecular formula is C18H22N2O4S2. The summed E-state index contributed by atoms with van der Waals surface area (Å²) in [6.45, 7) is 5.39. The highest BCUT2D eigenvalue weighted by atomic mass is 32.2. The van der Waals surface area contributed by atoms with E-state index >= 15 is 0 Å². The molecule has 140 valence electrons. The highest BCUT2D eigenvalue weighted by Crippen LogP contribution is 2.29. The van der Waals surface area contributed by atoms with E-state index in [-0.39, 0.29) is 15.8 Å². The smallest absolute Gasteiger partial charge is 0.349 e. The van der Waals surface area contributed by atoms with Crippen molar-refractivity contribution in [3.05, 3.63) is 46.2 Å². The van der Waals surface area contributed by atoms with Crippen molar-refractivity contribution in [2.75, 3.05) is 31.6 Å². The fourth-order valence-electron chi connectivity index (χ4n) is 3.21. The molecule has 3 rings (SSSR count). The average molecular weight is 395 g/mol.